The van der Waals surface area contributed by atoms with Gasteiger partial charge in [-0.2, -0.15) is 0 Å². The Bertz CT molecular complexity index is 602. The average Bonchev–Trinajstić information content (AvgIpc) is 2.45. The van der Waals surface area contributed by atoms with E-state index >= 15 is 0 Å². The lowest BCUT2D eigenvalue weighted by Gasteiger charge is -1.96. The van der Waals surface area contributed by atoms with E-state index < -0.39 is 5.97 Å². The van der Waals surface area contributed by atoms with Crippen LogP contribution in [0.2, 0.25) is 0 Å². The number of aliphatic carboxylic acids is 1. The summed E-state index contributed by atoms with van der Waals surface area (Å²) in [4.78, 5) is 18.6. The molecule has 0 spiro atoms. The van der Waals surface area contributed by atoms with Crippen molar-refractivity contribution in [3.63, 3.8) is 0 Å². The Balaban J connectivity index is 2.07. The zero-order valence-corrected chi connectivity index (χ0v) is 10.1. The highest BCUT2D eigenvalue weighted by Crippen LogP contribution is 2.06. The monoisotopic (exact) mass is 251 g/mol. The zero-order valence-electron chi connectivity index (χ0n) is 10.1. The second-order valence-electron chi connectivity index (χ2n) is 3.76. The van der Waals surface area contributed by atoms with Crippen molar-refractivity contribution in [2.75, 3.05) is 0 Å². The number of nitrogens with zero attached hydrogens (tertiary/aromatic N) is 2. The van der Waals surface area contributed by atoms with E-state index in [-0.39, 0.29) is 0 Å². The van der Waals surface area contributed by atoms with Crippen LogP contribution in [0.15, 0.2) is 48.8 Å². The lowest BCUT2D eigenvalue weighted by molar-refractivity contribution is -0.297. The topological polar surface area (TPSA) is 65.9 Å². The average molecular weight is 251 g/mol. The van der Waals surface area contributed by atoms with Crippen molar-refractivity contribution in [3.8, 4) is 0 Å². The second kappa shape index (κ2) is 6.26. The first kappa shape index (κ1) is 12.7. The Labute approximate surface area is 110 Å². The second-order valence-corrected chi connectivity index (χ2v) is 3.76. The molecule has 0 aliphatic rings. The summed E-state index contributed by atoms with van der Waals surface area (Å²) in [6.45, 7) is 0. The Kier molecular flexibility index (Phi) is 4.18. The number of rotatable bonds is 4. The van der Waals surface area contributed by atoms with E-state index in [2.05, 4.69) is 9.97 Å². The third kappa shape index (κ3) is 4.20. The van der Waals surface area contributed by atoms with Gasteiger partial charge in [0.15, 0.2) is 0 Å². The molecule has 2 heterocycles. The maximum Gasteiger partial charge on any atom is 0.0643 e. The third-order valence-electron chi connectivity index (χ3n) is 2.33. The standard InChI is InChI=1S/C15H12N2O2/c18-15(19)9-5-12-4-6-14(17-11-12)8-7-13-3-1-2-10-16-13/h1-11H,(H,18,19)/p-1/b8-7+,9-5+. The first-order valence-corrected chi connectivity index (χ1v) is 5.68. The van der Waals surface area contributed by atoms with Gasteiger partial charge in [-0.3, -0.25) is 9.97 Å². The van der Waals surface area contributed by atoms with Crippen LogP contribution in [0, 0.1) is 0 Å². The van der Waals surface area contributed by atoms with Crippen LogP contribution in [0.1, 0.15) is 17.0 Å². The smallest absolute Gasteiger partial charge is 0.0643 e. The molecule has 0 aliphatic heterocycles. The molecule has 0 unspecified atom stereocenters. The summed E-state index contributed by atoms with van der Waals surface area (Å²) in [6, 6.07) is 9.24. The van der Waals surface area contributed by atoms with Crippen molar-refractivity contribution in [1.29, 1.82) is 0 Å². The van der Waals surface area contributed by atoms with Crippen LogP contribution in [-0.2, 0) is 4.79 Å². The van der Waals surface area contributed by atoms with E-state index in [0.717, 1.165) is 17.5 Å². The largest absolute Gasteiger partial charge is 0.545 e. The van der Waals surface area contributed by atoms with Gasteiger partial charge in [0.25, 0.3) is 0 Å². The van der Waals surface area contributed by atoms with E-state index in [1.807, 2.05) is 30.4 Å². The van der Waals surface area contributed by atoms with Gasteiger partial charge in [-0.1, -0.05) is 18.2 Å². The van der Waals surface area contributed by atoms with Gasteiger partial charge in [0.05, 0.1) is 17.4 Å². The molecule has 0 aromatic carbocycles. The van der Waals surface area contributed by atoms with Gasteiger partial charge >= 0.3 is 0 Å². The van der Waals surface area contributed by atoms with E-state index in [4.69, 9.17) is 0 Å². The number of carboxylic acids is 1. The number of carbonyl (C=O) groups excluding carboxylic acids is 1. The molecule has 19 heavy (non-hydrogen) atoms. The number of aromatic nitrogens is 2. The SMILES string of the molecule is O=C([O-])/C=C/c1ccc(/C=C/c2ccccn2)nc1. The fourth-order valence-corrected chi connectivity index (χ4v) is 1.42. The lowest BCUT2D eigenvalue weighted by Crippen LogP contribution is -2.18. The van der Waals surface area contributed by atoms with Gasteiger partial charge in [-0.25, -0.2) is 0 Å². The molecule has 0 atom stereocenters. The first-order chi connectivity index (χ1) is 9.24. The molecule has 0 N–H and O–H groups in total. The highest BCUT2D eigenvalue weighted by Gasteiger charge is 1.91. The normalized spacial score (nSPS) is 11.2. The van der Waals surface area contributed by atoms with Crippen molar-refractivity contribution < 1.29 is 9.90 Å². The third-order valence-corrected chi connectivity index (χ3v) is 2.33. The summed E-state index contributed by atoms with van der Waals surface area (Å²) >= 11 is 0. The fraction of sp³-hybridized carbons (Fsp3) is 0. The molecular formula is C15H11N2O2-. The highest BCUT2D eigenvalue weighted by molar-refractivity contribution is 5.83. The molecule has 0 fully saturated rings. The molecule has 0 saturated heterocycles. The van der Waals surface area contributed by atoms with Gasteiger partial charge in [0.2, 0.25) is 0 Å². The highest BCUT2D eigenvalue weighted by atomic mass is 16.4. The molecule has 2 aromatic rings. The number of hydrogen-bond donors (Lipinski definition) is 0. The number of hydrogen-bond acceptors (Lipinski definition) is 4. The van der Waals surface area contributed by atoms with E-state index in [1.54, 1.807) is 24.5 Å². The van der Waals surface area contributed by atoms with Crippen LogP contribution in [-0.4, -0.2) is 15.9 Å². The minimum Gasteiger partial charge on any atom is -0.545 e. The molecule has 94 valence electrons. The quantitative estimate of drug-likeness (QED) is 0.770. The molecule has 0 bridgehead atoms. The minimum atomic E-state index is -1.22. The number of carbonyl (C=O) groups is 1. The summed E-state index contributed by atoms with van der Waals surface area (Å²) in [5, 5.41) is 10.3. The number of pyridine rings is 2. The fourth-order valence-electron chi connectivity index (χ4n) is 1.42. The molecular weight excluding hydrogens is 240 g/mol. The lowest BCUT2D eigenvalue weighted by atomic mass is 10.2. The van der Waals surface area contributed by atoms with E-state index in [1.165, 1.54) is 6.08 Å². The van der Waals surface area contributed by atoms with Crippen molar-refractivity contribution in [2.45, 2.75) is 0 Å². The van der Waals surface area contributed by atoms with Crippen molar-refractivity contribution >= 4 is 24.2 Å². The van der Waals surface area contributed by atoms with Crippen LogP contribution in [0.5, 0.6) is 0 Å². The van der Waals surface area contributed by atoms with Gasteiger partial charge in [-0.15, -0.1) is 0 Å². The van der Waals surface area contributed by atoms with Gasteiger partial charge in [0, 0.05) is 12.4 Å². The van der Waals surface area contributed by atoms with Crippen LogP contribution in [0.3, 0.4) is 0 Å². The van der Waals surface area contributed by atoms with Gasteiger partial charge in [0.1, 0.15) is 0 Å². The Morgan fingerprint density at radius 3 is 2.37 bits per heavy atom. The van der Waals surface area contributed by atoms with Crippen molar-refractivity contribution in [2.24, 2.45) is 0 Å². The molecule has 0 amide bonds. The Morgan fingerprint density at radius 1 is 1.00 bits per heavy atom. The summed E-state index contributed by atoms with van der Waals surface area (Å²) in [5.41, 5.74) is 2.33. The molecule has 0 aliphatic carbocycles. The summed E-state index contributed by atoms with van der Waals surface area (Å²) in [6.07, 6.45) is 9.43. The molecule has 0 radical (unpaired) electrons. The summed E-state index contributed by atoms with van der Waals surface area (Å²) in [5.74, 6) is -1.22. The molecule has 4 nitrogen and oxygen atoms in total. The van der Waals surface area contributed by atoms with Gasteiger partial charge in [-0.05, 0) is 42.0 Å². The molecule has 4 heteroatoms. The van der Waals surface area contributed by atoms with Crippen molar-refractivity contribution in [3.05, 3.63) is 65.8 Å². The van der Waals surface area contributed by atoms with Crippen LogP contribution in [0.4, 0.5) is 0 Å². The molecule has 0 saturated carbocycles. The van der Waals surface area contributed by atoms with E-state index in [0.29, 0.717) is 5.56 Å². The zero-order chi connectivity index (χ0) is 13.5. The predicted octanol–water partition coefficient (Wildman–Crippen LogP) is 1.41. The summed E-state index contributed by atoms with van der Waals surface area (Å²) < 4.78 is 0. The molecule has 2 rings (SSSR count). The van der Waals surface area contributed by atoms with Gasteiger partial charge < -0.3 is 9.90 Å². The minimum absolute atomic E-state index is 0.708. The van der Waals surface area contributed by atoms with Crippen molar-refractivity contribution in [1.82, 2.24) is 9.97 Å². The first-order valence-electron chi connectivity index (χ1n) is 5.68. The van der Waals surface area contributed by atoms with Crippen LogP contribution >= 0.6 is 0 Å². The summed E-state index contributed by atoms with van der Waals surface area (Å²) in [7, 11) is 0. The number of carboxylic acid groups (broad SMARTS) is 1. The van der Waals surface area contributed by atoms with E-state index in [9.17, 15) is 9.90 Å². The maximum absolute atomic E-state index is 10.3. The Hall–Kier alpha value is -2.75. The Morgan fingerprint density at radius 2 is 1.79 bits per heavy atom. The van der Waals surface area contributed by atoms with Crippen LogP contribution < -0.4 is 5.11 Å². The van der Waals surface area contributed by atoms with Crippen LogP contribution in [0.25, 0.3) is 18.2 Å². The maximum atomic E-state index is 10.3. The molecule has 2 aromatic heterocycles. The predicted molar refractivity (Wildman–Crippen MR) is 71.4 cm³/mol.